The van der Waals surface area contributed by atoms with E-state index in [1.54, 1.807) is 0 Å². The van der Waals surface area contributed by atoms with Gasteiger partial charge in [0.25, 0.3) is 0 Å². The van der Waals surface area contributed by atoms with E-state index in [-0.39, 0.29) is 0 Å². The number of hydrogen-bond donors (Lipinski definition) is 1. The normalized spacial score (nSPS) is 18.7. The highest BCUT2D eigenvalue weighted by Crippen LogP contribution is 2.31. The zero-order valence-electron chi connectivity index (χ0n) is 14.7. The second kappa shape index (κ2) is 10.2. The predicted octanol–water partition coefficient (Wildman–Crippen LogP) is 5.57. The summed E-state index contributed by atoms with van der Waals surface area (Å²) in [5.74, 6) is 2.68. The Morgan fingerprint density at radius 1 is 1.10 bits per heavy atom. The Kier molecular flexibility index (Phi) is 9.92. The van der Waals surface area contributed by atoms with Crippen molar-refractivity contribution in [1.82, 2.24) is 0 Å². The molecule has 0 aliphatic rings. The van der Waals surface area contributed by atoms with E-state index in [4.69, 9.17) is 5.73 Å². The first-order valence-corrected chi connectivity index (χ1v) is 8.44. The van der Waals surface area contributed by atoms with Gasteiger partial charge in [0.05, 0.1) is 0 Å². The molecule has 0 radical (unpaired) electrons. The molecule has 0 bridgehead atoms. The third kappa shape index (κ3) is 6.74. The number of allylic oxidation sites excluding steroid dienone is 3. The first kappa shape index (κ1) is 19.4. The molecule has 20 heavy (non-hydrogen) atoms. The van der Waals surface area contributed by atoms with Crippen LogP contribution in [0.4, 0.5) is 0 Å². The molecule has 0 aliphatic carbocycles. The van der Waals surface area contributed by atoms with Gasteiger partial charge in [-0.3, -0.25) is 0 Å². The molecule has 0 aromatic rings. The zero-order valence-corrected chi connectivity index (χ0v) is 14.7. The molecule has 0 aromatic carbocycles. The van der Waals surface area contributed by atoms with Gasteiger partial charge in [0.2, 0.25) is 0 Å². The SMILES string of the molecule is C=C/C(=C/CC(C)C)CC(C)C(CC)C(C)C(N)CC. The van der Waals surface area contributed by atoms with Gasteiger partial charge in [0.1, 0.15) is 0 Å². The highest BCUT2D eigenvalue weighted by atomic mass is 14.6. The van der Waals surface area contributed by atoms with Gasteiger partial charge >= 0.3 is 0 Å². The molecule has 118 valence electrons. The van der Waals surface area contributed by atoms with Gasteiger partial charge in [-0.1, -0.05) is 72.3 Å². The van der Waals surface area contributed by atoms with Gasteiger partial charge in [0.15, 0.2) is 0 Å². The van der Waals surface area contributed by atoms with Crippen LogP contribution in [0.1, 0.15) is 67.2 Å². The second-order valence-corrected chi connectivity index (χ2v) is 6.80. The molecule has 0 heterocycles. The molecule has 0 spiro atoms. The van der Waals surface area contributed by atoms with E-state index >= 15 is 0 Å². The third-order valence-electron chi connectivity index (χ3n) is 4.70. The van der Waals surface area contributed by atoms with Gasteiger partial charge < -0.3 is 5.73 Å². The highest BCUT2D eigenvalue weighted by Gasteiger charge is 2.25. The molecule has 1 heteroatoms. The molecule has 0 aromatic heterocycles. The number of hydrogen-bond acceptors (Lipinski definition) is 1. The van der Waals surface area contributed by atoms with Crippen LogP contribution in [-0.4, -0.2) is 6.04 Å². The van der Waals surface area contributed by atoms with Crippen molar-refractivity contribution in [2.75, 3.05) is 0 Å². The van der Waals surface area contributed by atoms with Gasteiger partial charge in [-0.25, -0.2) is 0 Å². The molecule has 0 aliphatic heterocycles. The van der Waals surface area contributed by atoms with Crippen LogP contribution in [-0.2, 0) is 0 Å². The fourth-order valence-corrected chi connectivity index (χ4v) is 3.14. The van der Waals surface area contributed by atoms with E-state index in [1.807, 2.05) is 6.08 Å². The summed E-state index contributed by atoms with van der Waals surface area (Å²) in [4.78, 5) is 0. The van der Waals surface area contributed by atoms with Crippen molar-refractivity contribution in [3.63, 3.8) is 0 Å². The monoisotopic (exact) mass is 279 g/mol. The van der Waals surface area contributed by atoms with Gasteiger partial charge in [-0.15, -0.1) is 0 Å². The lowest BCUT2D eigenvalue weighted by atomic mass is 9.75. The van der Waals surface area contributed by atoms with Gasteiger partial charge in [0, 0.05) is 6.04 Å². The lowest BCUT2D eigenvalue weighted by molar-refractivity contribution is 0.212. The van der Waals surface area contributed by atoms with E-state index in [0.29, 0.717) is 23.8 Å². The van der Waals surface area contributed by atoms with Crippen LogP contribution in [0.2, 0.25) is 0 Å². The van der Waals surface area contributed by atoms with Crippen molar-refractivity contribution < 1.29 is 0 Å². The summed E-state index contributed by atoms with van der Waals surface area (Å²) in [6.45, 7) is 17.7. The van der Waals surface area contributed by atoms with Crippen LogP contribution in [0.5, 0.6) is 0 Å². The summed E-state index contributed by atoms with van der Waals surface area (Å²) >= 11 is 0. The smallest absolute Gasteiger partial charge is 0.00646 e. The van der Waals surface area contributed by atoms with E-state index in [2.05, 4.69) is 54.2 Å². The molecule has 0 saturated heterocycles. The maximum atomic E-state index is 6.26. The molecular weight excluding hydrogens is 242 g/mol. The maximum absolute atomic E-state index is 6.26. The lowest BCUT2D eigenvalue weighted by Gasteiger charge is -2.32. The van der Waals surface area contributed by atoms with E-state index in [0.717, 1.165) is 25.2 Å². The second-order valence-electron chi connectivity index (χ2n) is 6.80. The average Bonchev–Trinajstić information content (AvgIpc) is 2.42. The highest BCUT2D eigenvalue weighted by molar-refractivity contribution is 5.16. The first-order chi connectivity index (χ1) is 9.37. The van der Waals surface area contributed by atoms with Gasteiger partial charge in [-0.2, -0.15) is 0 Å². The Morgan fingerprint density at radius 2 is 1.70 bits per heavy atom. The largest absolute Gasteiger partial charge is 0.327 e. The lowest BCUT2D eigenvalue weighted by Crippen LogP contribution is -2.35. The Hall–Kier alpha value is -0.560. The quantitative estimate of drug-likeness (QED) is 0.520. The molecule has 4 unspecified atom stereocenters. The Balaban J connectivity index is 4.71. The van der Waals surface area contributed by atoms with Crippen LogP contribution in [0.25, 0.3) is 0 Å². The maximum Gasteiger partial charge on any atom is 0.00646 e. The fourth-order valence-electron chi connectivity index (χ4n) is 3.14. The molecule has 0 rings (SSSR count). The van der Waals surface area contributed by atoms with Crippen molar-refractivity contribution in [2.45, 2.75) is 73.3 Å². The topological polar surface area (TPSA) is 26.0 Å². The Labute approximate surface area is 127 Å². The summed E-state index contributed by atoms with van der Waals surface area (Å²) in [7, 11) is 0. The molecule has 1 nitrogen and oxygen atoms in total. The standard InChI is InChI=1S/C19H37N/c1-8-17(12-11-14(4)5)13-15(6)18(9-2)16(7)19(20)10-3/h8,12,14-16,18-19H,1,9-11,13,20H2,2-7H3/b17-12-. The summed E-state index contributed by atoms with van der Waals surface area (Å²) in [6, 6.07) is 0.328. The molecule has 4 atom stereocenters. The zero-order chi connectivity index (χ0) is 15.7. The van der Waals surface area contributed by atoms with Gasteiger partial charge in [-0.05, 0) is 42.9 Å². The molecule has 0 saturated carbocycles. The average molecular weight is 280 g/mol. The fraction of sp³-hybridized carbons (Fsp3) is 0.789. The van der Waals surface area contributed by atoms with E-state index in [1.165, 1.54) is 12.0 Å². The minimum atomic E-state index is 0.328. The number of nitrogens with two attached hydrogens (primary N) is 1. The third-order valence-corrected chi connectivity index (χ3v) is 4.70. The molecule has 0 amide bonds. The Bertz CT molecular complexity index is 290. The van der Waals surface area contributed by atoms with Crippen molar-refractivity contribution in [2.24, 2.45) is 29.4 Å². The summed E-state index contributed by atoms with van der Waals surface area (Å²) in [5, 5.41) is 0. The Morgan fingerprint density at radius 3 is 2.10 bits per heavy atom. The molecular formula is C19H37N. The minimum Gasteiger partial charge on any atom is -0.327 e. The summed E-state index contributed by atoms with van der Waals surface area (Å²) in [5.41, 5.74) is 7.66. The first-order valence-electron chi connectivity index (χ1n) is 8.44. The van der Waals surface area contributed by atoms with Crippen molar-refractivity contribution in [3.8, 4) is 0 Å². The number of rotatable bonds is 10. The molecule has 2 N–H and O–H groups in total. The van der Waals surface area contributed by atoms with Crippen LogP contribution >= 0.6 is 0 Å². The van der Waals surface area contributed by atoms with Crippen LogP contribution in [0.15, 0.2) is 24.3 Å². The summed E-state index contributed by atoms with van der Waals surface area (Å²) < 4.78 is 0. The van der Waals surface area contributed by atoms with Crippen molar-refractivity contribution >= 4 is 0 Å². The summed E-state index contributed by atoms with van der Waals surface area (Å²) in [6.07, 6.45) is 8.97. The van der Waals surface area contributed by atoms with Crippen LogP contribution < -0.4 is 5.73 Å². The predicted molar refractivity (Wildman–Crippen MR) is 92.7 cm³/mol. The molecule has 0 fully saturated rings. The van der Waals surface area contributed by atoms with E-state index in [9.17, 15) is 0 Å². The van der Waals surface area contributed by atoms with Crippen molar-refractivity contribution in [3.05, 3.63) is 24.3 Å². The minimum absolute atomic E-state index is 0.328. The van der Waals surface area contributed by atoms with Crippen molar-refractivity contribution in [1.29, 1.82) is 0 Å². The van der Waals surface area contributed by atoms with Crippen LogP contribution in [0.3, 0.4) is 0 Å². The van der Waals surface area contributed by atoms with E-state index < -0.39 is 0 Å². The van der Waals surface area contributed by atoms with Crippen LogP contribution in [0, 0.1) is 23.7 Å².